The van der Waals surface area contributed by atoms with Crippen LogP contribution in [0.25, 0.3) is 78.4 Å². The molecule has 0 fully saturated rings. The van der Waals surface area contributed by atoms with Gasteiger partial charge in [-0.05, 0) is 98.5 Å². The van der Waals surface area contributed by atoms with Crippen LogP contribution in [0.5, 0.6) is 5.75 Å². The van der Waals surface area contributed by atoms with Crippen molar-refractivity contribution in [2.24, 2.45) is 0 Å². The summed E-state index contributed by atoms with van der Waals surface area (Å²) in [6, 6.07) is 73.8. The van der Waals surface area contributed by atoms with Gasteiger partial charge in [0.15, 0.2) is 5.82 Å². The number of hydrogen-bond donors (Lipinski definition) is 0. The van der Waals surface area contributed by atoms with Crippen molar-refractivity contribution in [3.8, 4) is 84.2 Å². The van der Waals surface area contributed by atoms with Crippen LogP contribution in [-0.4, -0.2) is 15.6 Å². The molecule has 1 unspecified atom stereocenters. The van der Waals surface area contributed by atoms with Gasteiger partial charge >= 0.3 is 0 Å². The fraction of sp³-hybridized carbons (Fsp3) is 0.0667. The lowest BCUT2D eigenvalue weighted by molar-refractivity contribution is 0.102. The molecule has 0 bridgehead atoms. The molecule has 3 nitrogen and oxygen atoms in total. The Morgan fingerprint density at radius 2 is 0.889 bits per heavy atom. The Hall–Kier alpha value is -7.88. The molecule has 0 saturated heterocycles. The molecule has 1 aliphatic heterocycles. The van der Waals surface area contributed by atoms with Crippen molar-refractivity contribution in [2.45, 2.75) is 24.4 Å². The van der Waals surface area contributed by atoms with Gasteiger partial charge in [0.2, 0.25) is 0 Å². The summed E-state index contributed by atoms with van der Waals surface area (Å²) < 4.78 is 7.03. The predicted molar refractivity (Wildman–Crippen MR) is 257 cm³/mol. The Balaban J connectivity index is 0.976. The second-order valence-corrected chi connectivity index (χ2v) is 17.0. The van der Waals surface area contributed by atoms with Gasteiger partial charge in [0, 0.05) is 28.7 Å². The first-order chi connectivity index (χ1) is 31.0. The van der Waals surface area contributed by atoms with E-state index in [9.17, 15) is 0 Å². The maximum Gasteiger partial charge on any atom is 0.160 e. The van der Waals surface area contributed by atoms with Crippen molar-refractivity contribution in [3.05, 3.63) is 247 Å². The van der Waals surface area contributed by atoms with E-state index in [1.165, 1.54) is 44.5 Å². The van der Waals surface area contributed by atoms with E-state index in [2.05, 4.69) is 231 Å². The maximum atomic E-state index is 7.03. The summed E-state index contributed by atoms with van der Waals surface area (Å²) in [5, 5.41) is 0. The summed E-state index contributed by atoms with van der Waals surface area (Å²) in [4.78, 5) is 10.5. The van der Waals surface area contributed by atoms with Gasteiger partial charge in [0.1, 0.15) is 11.4 Å². The lowest BCUT2D eigenvalue weighted by atomic mass is 9.59. The highest BCUT2D eigenvalue weighted by Gasteiger charge is 2.57. The monoisotopic (exact) mass is 806 g/mol. The third kappa shape index (κ3) is 6.03. The van der Waals surface area contributed by atoms with E-state index in [1.54, 1.807) is 0 Å². The normalized spacial score (nSPS) is 16.3. The Morgan fingerprint density at radius 3 is 1.49 bits per heavy atom. The van der Waals surface area contributed by atoms with E-state index < -0.39 is 11.0 Å². The van der Waals surface area contributed by atoms with Crippen LogP contribution in [0.15, 0.2) is 230 Å². The van der Waals surface area contributed by atoms with Gasteiger partial charge in [-0.1, -0.05) is 194 Å². The third-order valence-electron chi connectivity index (χ3n) is 13.3. The predicted octanol–water partition coefficient (Wildman–Crippen LogP) is 14.8. The summed E-state index contributed by atoms with van der Waals surface area (Å²) >= 11 is 0. The number of rotatable bonds is 6. The molecule has 2 aliphatic carbocycles. The van der Waals surface area contributed by atoms with Crippen LogP contribution in [0.1, 0.15) is 30.0 Å². The molecule has 0 amide bonds. The van der Waals surface area contributed by atoms with E-state index in [4.69, 9.17) is 14.7 Å². The first-order valence-electron chi connectivity index (χ1n) is 21.8. The van der Waals surface area contributed by atoms with Crippen LogP contribution in [0.3, 0.4) is 0 Å². The van der Waals surface area contributed by atoms with E-state index in [1.807, 2.05) is 0 Å². The summed E-state index contributed by atoms with van der Waals surface area (Å²) in [6.45, 7) is 2.26. The summed E-state index contributed by atoms with van der Waals surface area (Å²) in [6.07, 6.45) is 7.57. The van der Waals surface area contributed by atoms with Crippen molar-refractivity contribution < 1.29 is 4.74 Å². The number of benzene rings is 8. The first-order valence-corrected chi connectivity index (χ1v) is 21.8. The van der Waals surface area contributed by atoms with Crippen LogP contribution in [0.2, 0.25) is 0 Å². The Labute approximate surface area is 368 Å². The average Bonchev–Trinajstić information content (AvgIpc) is 3.64. The molecule has 0 saturated carbocycles. The number of ether oxygens (including phenoxy) is 1. The molecule has 1 aromatic heterocycles. The zero-order valence-corrected chi connectivity index (χ0v) is 34.9. The van der Waals surface area contributed by atoms with Crippen LogP contribution in [0, 0.1) is 0 Å². The number of hydrogen-bond acceptors (Lipinski definition) is 3. The van der Waals surface area contributed by atoms with Gasteiger partial charge in [-0.25, -0.2) is 9.97 Å². The van der Waals surface area contributed by atoms with Crippen molar-refractivity contribution in [3.63, 3.8) is 0 Å². The van der Waals surface area contributed by atoms with Gasteiger partial charge in [0.25, 0.3) is 0 Å². The number of fused-ring (bicyclic) bond motifs is 9. The third-order valence-corrected chi connectivity index (χ3v) is 13.3. The first kappa shape index (κ1) is 36.9. The van der Waals surface area contributed by atoms with Crippen LogP contribution in [-0.2, 0) is 5.41 Å². The Bertz CT molecular complexity index is 3150. The highest BCUT2D eigenvalue weighted by molar-refractivity contribution is 5.89. The van der Waals surface area contributed by atoms with Gasteiger partial charge in [0.05, 0.1) is 16.8 Å². The second-order valence-electron chi connectivity index (χ2n) is 17.0. The number of allylic oxidation sites excluding steroid dienone is 2. The number of aromatic nitrogens is 2. The Morgan fingerprint density at radius 1 is 0.413 bits per heavy atom. The molecule has 1 spiro atoms. The molecule has 12 rings (SSSR count). The van der Waals surface area contributed by atoms with Crippen LogP contribution >= 0.6 is 0 Å². The van der Waals surface area contributed by atoms with Gasteiger partial charge in [-0.15, -0.1) is 0 Å². The summed E-state index contributed by atoms with van der Waals surface area (Å²) in [5.74, 6) is 1.61. The van der Waals surface area contributed by atoms with Crippen molar-refractivity contribution in [2.75, 3.05) is 0 Å². The minimum atomic E-state index is -0.490. The zero-order chi connectivity index (χ0) is 42.0. The molecular formula is C60H42N2O. The van der Waals surface area contributed by atoms with Crippen molar-refractivity contribution in [1.82, 2.24) is 9.97 Å². The number of nitrogens with zero attached hydrogens (tertiary/aromatic N) is 2. The second kappa shape index (κ2) is 14.6. The summed E-state index contributed by atoms with van der Waals surface area (Å²) in [5.41, 5.74) is 18.3. The molecule has 8 aromatic carbocycles. The quantitative estimate of drug-likeness (QED) is 0.168. The Kier molecular flexibility index (Phi) is 8.58. The molecule has 63 heavy (non-hydrogen) atoms. The SMILES string of the molecule is CC12CC=CC=C1C1(c3cc(-c4ccc(-c5nc(-c6cccc(-c7ccccc7)c6)cc(-c6cccc(-c7ccccc7)c6)n5)cc4)ccc3O2)c2ccccc2-c2ccccc21. The molecular weight excluding hydrogens is 765 g/mol. The molecule has 0 radical (unpaired) electrons. The van der Waals surface area contributed by atoms with Gasteiger partial charge in [-0.3, -0.25) is 0 Å². The smallest absolute Gasteiger partial charge is 0.160 e. The standard InChI is InChI=1S/C60H42N2O/c1-59-35-13-12-28-57(59)60(51-26-10-8-24-49(51)50-25-9-11-27-52(50)60)53-38-46(33-34-56(53)63-59)42-29-31-43(32-30-42)58-61-54(47-22-14-20-44(36-47)40-16-4-2-5-17-40)39-55(62-58)48-23-15-21-45(37-48)41-18-6-3-7-19-41/h2-34,36-39H,35H2,1H3. The average molecular weight is 807 g/mol. The van der Waals surface area contributed by atoms with Crippen LogP contribution in [0.4, 0.5) is 0 Å². The van der Waals surface area contributed by atoms with Crippen molar-refractivity contribution >= 4 is 0 Å². The highest BCUT2D eigenvalue weighted by Crippen LogP contribution is 2.64. The molecule has 298 valence electrons. The molecule has 1 atom stereocenters. The molecule has 3 aliphatic rings. The topological polar surface area (TPSA) is 35.0 Å². The fourth-order valence-electron chi connectivity index (χ4n) is 10.3. The van der Waals surface area contributed by atoms with Crippen LogP contribution < -0.4 is 4.74 Å². The minimum absolute atomic E-state index is 0.478. The van der Waals surface area contributed by atoms with Gasteiger partial charge < -0.3 is 4.74 Å². The highest BCUT2D eigenvalue weighted by atomic mass is 16.5. The fourth-order valence-corrected chi connectivity index (χ4v) is 10.3. The lowest BCUT2D eigenvalue weighted by Crippen LogP contribution is -2.50. The largest absolute Gasteiger partial charge is 0.482 e. The van der Waals surface area contributed by atoms with E-state index >= 15 is 0 Å². The lowest BCUT2D eigenvalue weighted by Gasteiger charge is -2.50. The summed E-state index contributed by atoms with van der Waals surface area (Å²) in [7, 11) is 0. The maximum absolute atomic E-state index is 7.03. The van der Waals surface area contributed by atoms with Gasteiger partial charge in [-0.2, -0.15) is 0 Å². The minimum Gasteiger partial charge on any atom is -0.482 e. The van der Waals surface area contributed by atoms with E-state index in [0.29, 0.717) is 5.82 Å². The molecule has 3 heteroatoms. The van der Waals surface area contributed by atoms with E-state index in [0.717, 1.165) is 62.5 Å². The zero-order valence-electron chi connectivity index (χ0n) is 34.9. The molecule has 9 aromatic rings. The van der Waals surface area contributed by atoms with Crippen molar-refractivity contribution in [1.29, 1.82) is 0 Å². The van der Waals surface area contributed by atoms with E-state index in [-0.39, 0.29) is 0 Å². The molecule has 0 N–H and O–H groups in total. The molecule has 2 heterocycles.